The molecule has 1 fully saturated rings. The van der Waals surface area contributed by atoms with Crippen molar-refractivity contribution in [1.29, 1.82) is 0 Å². The number of nitrogen functional groups attached to an aromatic ring is 1. The summed E-state index contributed by atoms with van der Waals surface area (Å²) in [6.07, 6.45) is 4.82. The lowest BCUT2D eigenvalue weighted by atomic mass is 10.1. The van der Waals surface area contributed by atoms with Crippen molar-refractivity contribution in [3.63, 3.8) is 0 Å². The van der Waals surface area contributed by atoms with Gasteiger partial charge in [-0.1, -0.05) is 13.3 Å². The molecule has 1 aliphatic rings. The van der Waals surface area contributed by atoms with E-state index in [1.165, 1.54) is 6.20 Å². The topological polar surface area (TPSA) is 110 Å². The predicted octanol–water partition coefficient (Wildman–Crippen LogP) is 0.315. The second-order valence-corrected chi connectivity index (χ2v) is 6.93. The third-order valence-electron chi connectivity index (χ3n) is 3.70. The maximum Gasteiger partial charge on any atom is 0.246 e. The van der Waals surface area contributed by atoms with Gasteiger partial charge in [0.05, 0.1) is 0 Å². The van der Waals surface area contributed by atoms with Gasteiger partial charge in [-0.3, -0.25) is 4.68 Å². The molecule has 20 heavy (non-hydrogen) atoms. The third kappa shape index (κ3) is 3.13. The van der Waals surface area contributed by atoms with Crippen LogP contribution in [0.15, 0.2) is 11.1 Å². The Morgan fingerprint density at radius 2 is 2.30 bits per heavy atom. The molecule has 1 aromatic rings. The Kier molecular flexibility index (Phi) is 4.66. The van der Waals surface area contributed by atoms with Gasteiger partial charge in [-0.05, 0) is 25.2 Å². The van der Waals surface area contributed by atoms with Crippen LogP contribution in [0.4, 0.5) is 5.82 Å². The number of aromatic nitrogens is 2. The average Bonchev–Trinajstić information content (AvgIpc) is 2.96. The molecule has 4 N–H and O–H groups in total. The summed E-state index contributed by atoms with van der Waals surface area (Å²) < 4.78 is 28.9. The van der Waals surface area contributed by atoms with Crippen LogP contribution in [-0.4, -0.2) is 36.0 Å². The molecule has 0 saturated heterocycles. The molecule has 114 valence electrons. The van der Waals surface area contributed by atoms with E-state index in [0.717, 1.165) is 25.7 Å². The van der Waals surface area contributed by atoms with Gasteiger partial charge < -0.3 is 10.8 Å². The van der Waals surface area contributed by atoms with Crippen LogP contribution in [0.3, 0.4) is 0 Å². The van der Waals surface area contributed by atoms with Crippen LogP contribution in [0.25, 0.3) is 0 Å². The quantitative estimate of drug-likeness (QED) is 0.700. The highest BCUT2D eigenvalue weighted by Gasteiger charge is 2.32. The summed E-state index contributed by atoms with van der Waals surface area (Å²) in [6.45, 7) is 2.61. The minimum Gasteiger partial charge on any atom is -0.396 e. The SMILES string of the molecule is CCCn1cc(S(=O)(=O)NC2CCCC2CO)c(N)n1. The first kappa shape index (κ1) is 15.3. The maximum absolute atomic E-state index is 12.4. The molecule has 1 aromatic heterocycles. The van der Waals surface area contributed by atoms with Gasteiger partial charge >= 0.3 is 0 Å². The fourth-order valence-electron chi connectivity index (χ4n) is 2.64. The summed E-state index contributed by atoms with van der Waals surface area (Å²) in [4.78, 5) is 0.0227. The number of hydrogen-bond donors (Lipinski definition) is 3. The van der Waals surface area contributed by atoms with Crippen LogP contribution in [0, 0.1) is 5.92 Å². The van der Waals surface area contributed by atoms with Crippen LogP contribution >= 0.6 is 0 Å². The number of aliphatic hydroxyl groups excluding tert-OH is 1. The number of anilines is 1. The zero-order valence-electron chi connectivity index (χ0n) is 11.6. The van der Waals surface area contributed by atoms with Gasteiger partial charge in [0.1, 0.15) is 4.90 Å². The fourth-order valence-corrected chi connectivity index (χ4v) is 4.05. The van der Waals surface area contributed by atoms with Crippen LogP contribution in [-0.2, 0) is 16.6 Å². The van der Waals surface area contributed by atoms with E-state index < -0.39 is 10.0 Å². The average molecular weight is 302 g/mol. The minimum atomic E-state index is -3.68. The van der Waals surface area contributed by atoms with Crippen LogP contribution < -0.4 is 10.5 Å². The number of sulfonamides is 1. The van der Waals surface area contributed by atoms with Gasteiger partial charge in [0, 0.05) is 25.4 Å². The van der Waals surface area contributed by atoms with Crippen molar-refractivity contribution in [2.24, 2.45) is 5.92 Å². The molecule has 0 amide bonds. The van der Waals surface area contributed by atoms with Crippen molar-refractivity contribution < 1.29 is 13.5 Å². The van der Waals surface area contributed by atoms with Crippen molar-refractivity contribution in [3.05, 3.63) is 6.20 Å². The van der Waals surface area contributed by atoms with E-state index in [1.54, 1.807) is 4.68 Å². The minimum absolute atomic E-state index is 0.00222. The number of aliphatic hydroxyl groups is 1. The van der Waals surface area contributed by atoms with Crippen LogP contribution in [0.1, 0.15) is 32.6 Å². The molecule has 2 unspecified atom stereocenters. The molecule has 0 radical (unpaired) electrons. The van der Waals surface area contributed by atoms with Gasteiger partial charge in [-0.25, -0.2) is 13.1 Å². The molecule has 2 atom stereocenters. The van der Waals surface area contributed by atoms with Crippen molar-refractivity contribution in [1.82, 2.24) is 14.5 Å². The van der Waals surface area contributed by atoms with Crippen LogP contribution in [0.5, 0.6) is 0 Å². The lowest BCUT2D eigenvalue weighted by molar-refractivity contribution is 0.213. The van der Waals surface area contributed by atoms with E-state index in [1.807, 2.05) is 6.92 Å². The maximum atomic E-state index is 12.4. The summed E-state index contributed by atoms with van der Waals surface area (Å²) >= 11 is 0. The number of nitrogens with two attached hydrogens (primary N) is 1. The van der Waals surface area contributed by atoms with Crippen molar-refractivity contribution >= 4 is 15.8 Å². The number of hydrogen-bond acceptors (Lipinski definition) is 5. The molecule has 2 rings (SSSR count). The normalized spacial score (nSPS) is 23.3. The number of nitrogens with zero attached hydrogens (tertiary/aromatic N) is 2. The Hall–Kier alpha value is -1.12. The van der Waals surface area contributed by atoms with E-state index in [-0.39, 0.29) is 29.3 Å². The Labute approximate surface area is 119 Å². The molecule has 7 nitrogen and oxygen atoms in total. The van der Waals surface area contributed by atoms with Crippen molar-refractivity contribution in [3.8, 4) is 0 Å². The smallest absolute Gasteiger partial charge is 0.246 e. The highest BCUT2D eigenvalue weighted by Crippen LogP contribution is 2.27. The Balaban J connectivity index is 2.17. The predicted molar refractivity (Wildman–Crippen MR) is 75.5 cm³/mol. The van der Waals surface area contributed by atoms with Gasteiger partial charge in [-0.15, -0.1) is 0 Å². The summed E-state index contributed by atoms with van der Waals surface area (Å²) in [6, 6.07) is -0.223. The largest absolute Gasteiger partial charge is 0.396 e. The molecule has 1 heterocycles. The molecular weight excluding hydrogens is 280 g/mol. The summed E-state index contributed by atoms with van der Waals surface area (Å²) in [5.41, 5.74) is 5.70. The molecule has 1 aliphatic carbocycles. The third-order valence-corrected chi connectivity index (χ3v) is 5.20. The first-order valence-electron chi connectivity index (χ1n) is 6.94. The lowest BCUT2D eigenvalue weighted by Gasteiger charge is -2.18. The van der Waals surface area contributed by atoms with Crippen molar-refractivity contribution in [2.75, 3.05) is 12.3 Å². The van der Waals surface area contributed by atoms with E-state index >= 15 is 0 Å². The zero-order chi connectivity index (χ0) is 14.8. The van der Waals surface area contributed by atoms with E-state index in [4.69, 9.17) is 5.73 Å². The van der Waals surface area contributed by atoms with Gasteiger partial charge in [0.25, 0.3) is 0 Å². The second-order valence-electron chi connectivity index (χ2n) is 5.24. The molecule has 8 heteroatoms. The first-order chi connectivity index (χ1) is 9.47. The highest BCUT2D eigenvalue weighted by molar-refractivity contribution is 7.89. The summed E-state index contributed by atoms with van der Waals surface area (Å²) in [5, 5.41) is 13.3. The zero-order valence-corrected chi connectivity index (χ0v) is 12.4. The van der Waals surface area contributed by atoms with Gasteiger partial charge in [0.15, 0.2) is 5.82 Å². The Morgan fingerprint density at radius 3 is 2.95 bits per heavy atom. The van der Waals surface area contributed by atoms with Gasteiger partial charge in [0.2, 0.25) is 10.0 Å². The van der Waals surface area contributed by atoms with E-state index in [9.17, 15) is 13.5 Å². The molecule has 0 bridgehead atoms. The standard InChI is InChI=1S/C12H22N4O3S/c1-2-6-16-7-11(12(13)14-16)20(18,19)15-10-5-3-4-9(10)8-17/h7,9-10,15,17H,2-6,8H2,1H3,(H2,13,14). The summed E-state index contributed by atoms with van der Waals surface area (Å²) in [7, 11) is -3.68. The van der Waals surface area contributed by atoms with E-state index in [0.29, 0.717) is 6.54 Å². The number of rotatable bonds is 6. The lowest BCUT2D eigenvalue weighted by Crippen LogP contribution is -2.38. The molecule has 0 aromatic carbocycles. The molecular formula is C12H22N4O3S. The fraction of sp³-hybridized carbons (Fsp3) is 0.750. The highest BCUT2D eigenvalue weighted by atomic mass is 32.2. The molecule has 0 spiro atoms. The molecule has 0 aliphatic heterocycles. The number of nitrogens with one attached hydrogen (secondary N) is 1. The monoisotopic (exact) mass is 302 g/mol. The Morgan fingerprint density at radius 1 is 1.55 bits per heavy atom. The van der Waals surface area contributed by atoms with Crippen molar-refractivity contribution in [2.45, 2.75) is 50.1 Å². The van der Waals surface area contributed by atoms with Crippen LogP contribution in [0.2, 0.25) is 0 Å². The number of aryl methyl sites for hydroxylation is 1. The summed E-state index contributed by atoms with van der Waals surface area (Å²) in [5.74, 6) is 0.00109. The second kappa shape index (κ2) is 6.11. The Bertz CT molecular complexity index is 555. The molecule has 1 saturated carbocycles. The van der Waals surface area contributed by atoms with Gasteiger partial charge in [-0.2, -0.15) is 5.10 Å². The first-order valence-corrected chi connectivity index (χ1v) is 8.42. The van der Waals surface area contributed by atoms with E-state index in [2.05, 4.69) is 9.82 Å².